The molecule has 9 rings (SSSR count). The molecule has 9 heterocycles. The number of nitrogens with zero attached hydrogens (tertiary/aromatic N) is 6. The Morgan fingerprint density at radius 2 is 1.00 bits per heavy atom. The van der Waals surface area contributed by atoms with Gasteiger partial charge in [-0.15, -0.1) is 11.3 Å². The lowest BCUT2D eigenvalue weighted by Gasteiger charge is -2.21. The van der Waals surface area contributed by atoms with E-state index < -0.39 is 0 Å². The predicted molar refractivity (Wildman–Crippen MR) is 221 cm³/mol. The smallest absolute Gasteiger partial charge is 0.0737 e. The SMILES string of the molecule is CN1C=CC(c2c3nc(c(C4=CCN(C)C=C4)c4ccc(s4)c(C4=CC=CN(C)C4)c4nc(c(C5=CC=CN(C)C5)c5ccc2[nH]5)C=C4)C=C3)=CC1. The fraction of sp³-hybridized carbons (Fsp3) is 0.182. The van der Waals surface area contributed by atoms with Crippen LogP contribution in [0.5, 0.6) is 0 Å². The molecule has 6 aliphatic rings. The molecule has 0 amide bonds. The Kier molecular flexibility index (Phi) is 8.04. The van der Waals surface area contributed by atoms with Crippen LogP contribution in [0.2, 0.25) is 0 Å². The Morgan fingerprint density at radius 3 is 1.56 bits per heavy atom. The van der Waals surface area contributed by atoms with Gasteiger partial charge in [-0.25, -0.2) is 9.97 Å². The van der Waals surface area contributed by atoms with Gasteiger partial charge in [-0.05, 0) is 120 Å². The molecule has 0 atom stereocenters. The number of nitrogens with one attached hydrogen (secondary N) is 1. The number of thiophene rings is 1. The fourth-order valence-electron chi connectivity index (χ4n) is 7.57. The second-order valence-corrected chi connectivity index (χ2v) is 15.2. The molecule has 0 radical (unpaired) electrons. The molecule has 258 valence electrons. The van der Waals surface area contributed by atoms with Crippen LogP contribution in [0.15, 0.2) is 97.7 Å². The lowest BCUT2D eigenvalue weighted by Crippen LogP contribution is -2.16. The van der Waals surface area contributed by atoms with Crippen molar-refractivity contribution in [3.05, 3.63) is 143 Å². The molecule has 0 aliphatic carbocycles. The van der Waals surface area contributed by atoms with E-state index in [0.717, 1.165) is 82.3 Å². The third kappa shape index (κ3) is 5.89. The molecule has 0 aromatic carbocycles. The summed E-state index contributed by atoms with van der Waals surface area (Å²) in [6, 6.07) is 8.98. The fourth-order valence-corrected chi connectivity index (χ4v) is 8.74. The largest absolute Gasteiger partial charge is 0.377 e. The van der Waals surface area contributed by atoms with Gasteiger partial charge in [0, 0.05) is 97.1 Å². The van der Waals surface area contributed by atoms with Gasteiger partial charge in [0.1, 0.15) is 0 Å². The average Bonchev–Trinajstić information content (AvgIpc) is 3.98. The minimum Gasteiger partial charge on any atom is -0.377 e. The summed E-state index contributed by atoms with van der Waals surface area (Å²) in [5.41, 5.74) is 15.3. The van der Waals surface area contributed by atoms with Crippen LogP contribution in [0.1, 0.15) is 45.0 Å². The summed E-state index contributed by atoms with van der Waals surface area (Å²) in [5.74, 6) is 0. The van der Waals surface area contributed by atoms with Crippen LogP contribution in [0.3, 0.4) is 0 Å². The standard InChI is InChI=1S/C44H41N7S/c1-48-23-17-29(18-24-48)41-33-9-10-35(45-33)42(31-7-5-21-50(3)27-31)36-12-14-38(47-36)44(32-8-6-22-51(4)28-32)40-16-15-39(52-40)43(37-13-11-34(41)46-37)30-19-25-49(2)26-20-30/h5-23,25,45H,24,26-28H2,1-4H3. The van der Waals surface area contributed by atoms with E-state index in [1.54, 1.807) is 0 Å². The topological polar surface area (TPSA) is 54.5 Å². The molecule has 0 spiro atoms. The van der Waals surface area contributed by atoms with E-state index in [2.05, 4.69) is 175 Å². The van der Waals surface area contributed by atoms with Crippen molar-refractivity contribution in [3.63, 3.8) is 0 Å². The molecule has 0 saturated heterocycles. The van der Waals surface area contributed by atoms with Gasteiger partial charge in [-0.1, -0.05) is 24.3 Å². The Bertz CT molecular complexity index is 2320. The first-order valence-electron chi connectivity index (χ1n) is 17.8. The number of aromatic nitrogens is 3. The molecule has 52 heavy (non-hydrogen) atoms. The van der Waals surface area contributed by atoms with Crippen molar-refractivity contribution in [2.24, 2.45) is 0 Å². The number of allylic oxidation sites excluding steroid dienone is 8. The quantitative estimate of drug-likeness (QED) is 0.203. The Hall–Kier alpha value is -5.86. The number of fused-ring (bicyclic) bond motifs is 8. The summed E-state index contributed by atoms with van der Waals surface area (Å²) in [4.78, 5) is 23.7. The van der Waals surface area contributed by atoms with Gasteiger partial charge < -0.3 is 24.6 Å². The van der Waals surface area contributed by atoms with E-state index in [9.17, 15) is 0 Å². The van der Waals surface area contributed by atoms with Gasteiger partial charge in [0.2, 0.25) is 0 Å². The van der Waals surface area contributed by atoms with Crippen LogP contribution in [0.25, 0.3) is 67.0 Å². The molecule has 6 aliphatic heterocycles. The van der Waals surface area contributed by atoms with Crippen LogP contribution in [0.4, 0.5) is 0 Å². The average molecular weight is 700 g/mol. The molecule has 3 aromatic heterocycles. The summed E-state index contributed by atoms with van der Waals surface area (Å²) in [6.07, 6.45) is 35.1. The van der Waals surface area contributed by atoms with Crippen molar-refractivity contribution >= 4 is 78.4 Å². The van der Waals surface area contributed by atoms with E-state index in [0.29, 0.717) is 0 Å². The predicted octanol–water partition coefficient (Wildman–Crippen LogP) is 8.76. The maximum atomic E-state index is 5.48. The zero-order valence-corrected chi connectivity index (χ0v) is 30.8. The lowest BCUT2D eigenvalue weighted by atomic mass is 10.0. The van der Waals surface area contributed by atoms with Crippen molar-refractivity contribution < 1.29 is 0 Å². The highest BCUT2D eigenvalue weighted by Gasteiger charge is 2.22. The van der Waals surface area contributed by atoms with Crippen LogP contribution < -0.4 is 0 Å². The van der Waals surface area contributed by atoms with Gasteiger partial charge in [0.15, 0.2) is 0 Å². The molecule has 0 fully saturated rings. The number of hydrogen-bond donors (Lipinski definition) is 1. The minimum atomic E-state index is 0.789. The Labute approximate surface area is 308 Å². The summed E-state index contributed by atoms with van der Waals surface area (Å²) in [5, 5.41) is 0. The first kappa shape index (κ1) is 32.1. The second-order valence-electron chi connectivity index (χ2n) is 14.1. The molecule has 7 nitrogen and oxygen atoms in total. The van der Waals surface area contributed by atoms with Crippen molar-refractivity contribution in [1.82, 2.24) is 34.6 Å². The molecule has 3 aromatic rings. The highest BCUT2D eigenvalue weighted by molar-refractivity contribution is 7.24. The number of aromatic amines is 1. The Balaban J connectivity index is 1.42. The van der Waals surface area contributed by atoms with Crippen molar-refractivity contribution in [1.29, 1.82) is 0 Å². The van der Waals surface area contributed by atoms with Crippen LogP contribution in [-0.2, 0) is 0 Å². The summed E-state index contributed by atoms with van der Waals surface area (Å²) in [6.45, 7) is 3.28. The number of rotatable bonds is 4. The molecule has 0 saturated carbocycles. The molecule has 8 heteroatoms. The van der Waals surface area contributed by atoms with E-state index in [1.165, 1.54) is 31.7 Å². The van der Waals surface area contributed by atoms with Crippen LogP contribution in [0, 0.1) is 0 Å². The third-order valence-electron chi connectivity index (χ3n) is 10.2. The summed E-state index contributed by atoms with van der Waals surface area (Å²) >= 11 is 1.82. The van der Waals surface area contributed by atoms with E-state index in [4.69, 9.17) is 9.97 Å². The molecule has 8 bridgehead atoms. The lowest BCUT2D eigenvalue weighted by molar-refractivity contribution is 0.506. The minimum absolute atomic E-state index is 0.789. The Morgan fingerprint density at radius 1 is 0.519 bits per heavy atom. The molecular weight excluding hydrogens is 659 g/mol. The van der Waals surface area contributed by atoms with Gasteiger partial charge in [-0.2, -0.15) is 0 Å². The van der Waals surface area contributed by atoms with Gasteiger partial charge >= 0.3 is 0 Å². The number of hydrogen-bond acceptors (Lipinski definition) is 7. The first-order valence-corrected chi connectivity index (χ1v) is 18.6. The van der Waals surface area contributed by atoms with Crippen molar-refractivity contribution in [2.75, 3.05) is 54.4 Å². The van der Waals surface area contributed by atoms with Crippen LogP contribution >= 0.6 is 11.3 Å². The van der Waals surface area contributed by atoms with Crippen molar-refractivity contribution in [3.8, 4) is 0 Å². The van der Waals surface area contributed by atoms with E-state index in [1.807, 2.05) is 11.3 Å². The zero-order chi connectivity index (χ0) is 35.3. The van der Waals surface area contributed by atoms with Gasteiger partial charge in [0.05, 0.1) is 22.8 Å². The number of H-pyrrole nitrogens is 1. The maximum absolute atomic E-state index is 5.48. The van der Waals surface area contributed by atoms with Crippen molar-refractivity contribution in [2.45, 2.75) is 0 Å². The first-order chi connectivity index (χ1) is 25.4. The van der Waals surface area contributed by atoms with Gasteiger partial charge in [0.25, 0.3) is 0 Å². The highest BCUT2D eigenvalue weighted by atomic mass is 32.1. The third-order valence-corrected chi connectivity index (χ3v) is 11.3. The molecule has 1 N–H and O–H groups in total. The van der Waals surface area contributed by atoms with E-state index in [-0.39, 0.29) is 0 Å². The summed E-state index contributed by atoms with van der Waals surface area (Å²) < 4.78 is 2.38. The highest BCUT2D eigenvalue weighted by Crippen LogP contribution is 2.39. The number of likely N-dealkylation sites (N-methyl/N-ethyl adjacent to an activating group) is 4. The monoisotopic (exact) mass is 699 g/mol. The normalized spacial score (nSPS) is 17.9. The van der Waals surface area contributed by atoms with Gasteiger partial charge in [-0.3, -0.25) is 0 Å². The molecule has 0 unspecified atom stereocenters. The van der Waals surface area contributed by atoms with E-state index >= 15 is 0 Å². The molecular formula is C44H41N7S. The van der Waals surface area contributed by atoms with Crippen LogP contribution in [-0.4, -0.2) is 88.9 Å². The second kappa shape index (κ2) is 13.0. The summed E-state index contributed by atoms with van der Waals surface area (Å²) in [7, 11) is 8.46. The maximum Gasteiger partial charge on any atom is 0.0737 e. The zero-order valence-electron chi connectivity index (χ0n) is 30.0.